The average Bonchev–Trinajstić information content (AvgIpc) is 2.29. The van der Waals surface area contributed by atoms with Crippen molar-refractivity contribution in [2.75, 3.05) is 11.9 Å². The van der Waals surface area contributed by atoms with Gasteiger partial charge in [0.2, 0.25) is 0 Å². The van der Waals surface area contributed by atoms with E-state index in [-0.39, 0.29) is 0 Å². The lowest BCUT2D eigenvalue weighted by molar-refractivity contribution is 1.20. The second-order valence-electron chi connectivity index (χ2n) is 3.49. The van der Waals surface area contributed by atoms with E-state index in [1.165, 1.54) is 0 Å². The fourth-order valence-corrected chi connectivity index (χ4v) is 2.49. The third kappa shape index (κ3) is 2.39. The lowest BCUT2D eigenvalue weighted by atomic mass is 10.2. The summed E-state index contributed by atoms with van der Waals surface area (Å²) in [5, 5.41) is 0.733. The molecule has 0 N–H and O–H groups in total. The van der Waals surface area contributed by atoms with E-state index in [4.69, 9.17) is 11.6 Å². The molecular weight excluding hydrogens is 286 g/mol. The first-order valence-corrected chi connectivity index (χ1v) is 6.09. The number of nitrogens with zero attached hydrogens (tertiary/aromatic N) is 1. The van der Waals surface area contributed by atoms with Crippen molar-refractivity contribution in [2.45, 2.75) is 0 Å². The molecule has 0 saturated heterocycles. The summed E-state index contributed by atoms with van der Waals surface area (Å²) in [6.07, 6.45) is 0. The van der Waals surface area contributed by atoms with Gasteiger partial charge in [-0.1, -0.05) is 29.8 Å². The van der Waals surface area contributed by atoms with Crippen LogP contribution in [0.15, 0.2) is 53.0 Å². The highest BCUT2D eigenvalue weighted by Gasteiger charge is 2.07. The molecule has 2 aromatic carbocycles. The Labute approximate surface area is 109 Å². The van der Waals surface area contributed by atoms with Crippen molar-refractivity contribution in [3.05, 3.63) is 58.0 Å². The van der Waals surface area contributed by atoms with Crippen LogP contribution in [0.3, 0.4) is 0 Å². The van der Waals surface area contributed by atoms with Crippen molar-refractivity contribution in [1.29, 1.82) is 0 Å². The highest BCUT2D eigenvalue weighted by Crippen LogP contribution is 2.32. The van der Waals surface area contributed by atoms with E-state index in [9.17, 15) is 0 Å². The van der Waals surface area contributed by atoms with Gasteiger partial charge < -0.3 is 4.90 Å². The van der Waals surface area contributed by atoms with E-state index in [0.717, 1.165) is 20.9 Å². The van der Waals surface area contributed by atoms with E-state index in [2.05, 4.69) is 33.0 Å². The Kier molecular flexibility index (Phi) is 3.52. The molecule has 16 heavy (non-hydrogen) atoms. The van der Waals surface area contributed by atoms with Crippen LogP contribution in [-0.4, -0.2) is 7.05 Å². The first kappa shape index (κ1) is 11.5. The van der Waals surface area contributed by atoms with Crippen LogP contribution in [-0.2, 0) is 0 Å². The molecule has 0 fully saturated rings. The highest BCUT2D eigenvalue weighted by atomic mass is 79.9. The molecule has 0 spiro atoms. The van der Waals surface area contributed by atoms with Crippen molar-refractivity contribution >= 4 is 38.9 Å². The van der Waals surface area contributed by atoms with Gasteiger partial charge in [-0.2, -0.15) is 0 Å². The van der Waals surface area contributed by atoms with Gasteiger partial charge in [-0.15, -0.1) is 0 Å². The smallest absolute Gasteiger partial charge is 0.0553 e. The number of para-hydroxylation sites is 1. The normalized spacial score (nSPS) is 10.2. The molecule has 0 aliphatic heterocycles. The van der Waals surface area contributed by atoms with Crippen LogP contribution in [0.5, 0.6) is 0 Å². The highest BCUT2D eigenvalue weighted by molar-refractivity contribution is 9.10. The third-order valence-corrected chi connectivity index (χ3v) is 3.28. The van der Waals surface area contributed by atoms with E-state index < -0.39 is 0 Å². The lowest BCUT2D eigenvalue weighted by Gasteiger charge is -2.20. The molecule has 0 bridgehead atoms. The van der Waals surface area contributed by atoms with Gasteiger partial charge in [-0.25, -0.2) is 0 Å². The Hall–Kier alpha value is -0.990. The molecule has 2 aromatic rings. The van der Waals surface area contributed by atoms with Gasteiger partial charge in [0, 0.05) is 22.2 Å². The van der Waals surface area contributed by atoms with Crippen molar-refractivity contribution in [1.82, 2.24) is 0 Å². The summed E-state index contributed by atoms with van der Waals surface area (Å²) in [4.78, 5) is 2.11. The van der Waals surface area contributed by atoms with Gasteiger partial charge in [-0.3, -0.25) is 0 Å². The van der Waals surface area contributed by atoms with Crippen molar-refractivity contribution in [3.63, 3.8) is 0 Å². The number of benzene rings is 2. The number of anilines is 2. The summed E-state index contributed by atoms with van der Waals surface area (Å²) >= 11 is 9.44. The van der Waals surface area contributed by atoms with Crippen LogP contribution >= 0.6 is 27.5 Å². The average molecular weight is 297 g/mol. The zero-order chi connectivity index (χ0) is 11.5. The molecule has 0 aromatic heterocycles. The lowest BCUT2D eigenvalue weighted by Crippen LogP contribution is -2.09. The molecule has 0 radical (unpaired) electrons. The molecule has 1 nitrogen and oxygen atoms in total. The number of hydrogen-bond acceptors (Lipinski definition) is 1. The fraction of sp³-hybridized carbons (Fsp3) is 0.0769. The van der Waals surface area contributed by atoms with Gasteiger partial charge in [0.15, 0.2) is 0 Å². The van der Waals surface area contributed by atoms with Gasteiger partial charge >= 0.3 is 0 Å². The number of halogens is 2. The summed E-state index contributed by atoms with van der Waals surface area (Å²) in [7, 11) is 2.03. The van der Waals surface area contributed by atoms with Crippen molar-refractivity contribution in [3.8, 4) is 0 Å². The predicted molar refractivity (Wildman–Crippen MR) is 73.7 cm³/mol. The van der Waals surface area contributed by atoms with Crippen LogP contribution in [0.2, 0.25) is 5.02 Å². The van der Waals surface area contributed by atoms with Crippen LogP contribution in [0.1, 0.15) is 0 Å². The number of hydrogen-bond donors (Lipinski definition) is 0. The minimum Gasteiger partial charge on any atom is -0.344 e. The summed E-state index contributed by atoms with van der Waals surface area (Å²) in [5.41, 5.74) is 2.24. The van der Waals surface area contributed by atoms with Gasteiger partial charge in [0.1, 0.15) is 0 Å². The summed E-state index contributed by atoms with van der Waals surface area (Å²) in [6, 6.07) is 16.0. The second-order valence-corrected chi connectivity index (χ2v) is 4.78. The molecule has 0 atom stereocenters. The van der Waals surface area contributed by atoms with E-state index in [1.54, 1.807) is 0 Å². The van der Waals surface area contributed by atoms with Crippen molar-refractivity contribution < 1.29 is 0 Å². The molecule has 0 saturated carbocycles. The minimum absolute atomic E-state index is 0.733. The van der Waals surface area contributed by atoms with Crippen LogP contribution < -0.4 is 4.90 Å². The predicted octanol–water partition coefficient (Wildman–Crippen LogP) is 4.87. The quantitative estimate of drug-likeness (QED) is 0.764. The molecule has 0 aliphatic carbocycles. The zero-order valence-electron chi connectivity index (χ0n) is 8.82. The van der Waals surface area contributed by atoms with Crippen LogP contribution in [0.25, 0.3) is 0 Å². The van der Waals surface area contributed by atoms with Gasteiger partial charge in [0.25, 0.3) is 0 Å². The standard InChI is InChI=1S/C13H11BrClN/c1-16(11-5-3-2-4-6-11)13-8-7-10(15)9-12(13)14/h2-9H,1H3. The first-order valence-electron chi connectivity index (χ1n) is 4.92. The zero-order valence-corrected chi connectivity index (χ0v) is 11.2. The Balaban J connectivity index is 2.38. The molecule has 0 unspecified atom stereocenters. The largest absolute Gasteiger partial charge is 0.344 e. The van der Waals surface area contributed by atoms with Gasteiger partial charge in [0.05, 0.1) is 5.69 Å². The minimum atomic E-state index is 0.733. The Morgan fingerprint density at radius 1 is 1.06 bits per heavy atom. The molecular formula is C13H11BrClN. The molecule has 82 valence electrons. The summed E-state index contributed by atoms with van der Waals surface area (Å²) in [6.45, 7) is 0. The molecule has 0 heterocycles. The van der Waals surface area contributed by atoms with Gasteiger partial charge in [-0.05, 0) is 46.3 Å². The first-order chi connectivity index (χ1) is 7.68. The molecule has 0 amide bonds. The fourth-order valence-electron chi connectivity index (χ4n) is 1.54. The Bertz CT molecular complexity index is 485. The maximum absolute atomic E-state index is 5.92. The maximum atomic E-state index is 5.92. The molecule has 0 aliphatic rings. The second kappa shape index (κ2) is 4.89. The van der Waals surface area contributed by atoms with E-state index in [0.29, 0.717) is 0 Å². The summed E-state index contributed by atoms with van der Waals surface area (Å²) in [5.74, 6) is 0. The Morgan fingerprint density at radius 2 is 1.75 bits per heavy atom. The monoisotopic (exact) mass is 295 g/mol. The Morgan fingerprint density at radius 3 is 2.38 bits per heavy atom. The maximum Gasteiger partial charge on any atom is 0.0553 e. The van der Waals surface area contributed by atoms with Crippen molar-refractivity contribution in [2.24, 2.45) is 0 Å². The van der Waals surface area contributed by atoms with Crippen LogP contribution in [0.4, 0.5) is 11.4 Å². The molecule has 3 heteroatoms. The van der Waals surface area contributed by atoms with Crippen LogP contribution in [0, 0.1) is 0 Å². The topological polar surface area (TPSA) is 3.24 Å². The SMILES string of the molecule is CN(c1ccccc1)c1ccc(Cl)cc1Br. The number of rotatable bonds is 2. The third-order valence-electron chi connectivity index (χ3n) is 2.41. The van der Waals surface area contributed by atoms with E-state index in [1.807, 2.05) is 43.4 Å². The molecule has 2 rings (SSSR count). The van der Waals surface area contributed by atoms with E-state index >= 15 is 0 Å². The summed E-state index contributed by atoms with van der Waals surface area (Å²) < 4.78 is 0.992.